The highest BCUT2D eigenvalue weighted by molar-refractivity contribution is 5.75. The number of nitrogens with one attached hydrogen (secondary N) is 1. The minimum absolute atomic E-state index is 0.172. The zero-order valence-corrected chi connectivity index (χ0v) is 14.9. The summed E-state index contributed by atoms with van der Waals surface area (Å²) < 4.78 is 51.8. The van der Waals surface area contributed by atoms with Crippen LogP contribution in [-0.4, -0.2) is 15.5 Å². The first-order chi connectivity index (χ1) is 13.7. The lowest BCUT2D eigenvalue weighted by atomic mass is 10.1. The zero-order valence-electron chi connectivity index (χ0n) is 14.9. The highest BCUT2D eigenvalue weighted by atomic mass is 19.4. The molecule has 0 aliphatic heterocycles. The van der Waals surface area contributed by atoms with Crippen LogP contribution in [0.2, 0.25) is 0 Å². The molecule has 0 radical (unpaired) electrons. The number of benzene rings is 2. The fourth-order valence-corrected chi connectivity index (χ4v) is 2.55. The van der Waals surface area contributed by atoms with Gasteiger partial charge in [0.15, 0.2) is 0 Å². The molecule has 150 valence electrons. The summed E-state index contributed by atoms with van der Waals surface area (Å²) in [6, 6.07) is 11.0. The van der Waals surface area contributed by atoms with E-state index in [-0.39, 0.29) is 24.6 Å². The third-order valence-electron chi connectivity index (χ3n) is 4.10. The smallest absolute Gasteiger partial charge is 0.350 e. The summed E-state index contributed by atoms with van der Waals surface area (Å²) in [4.78, 5) is 28.3. The quantitative estimate of drug-likeness (QED) is 0.662. The van der Waals surface area contributed by atoms with Crippen LogP contribution in [0.3, 0.4) is 0 Å². The van der Waals surface area contributed by atoms with Crippen molar-refractivity contribution in [2.24, 2.45) is 0 Å². The predicted octanol–water partition coefficient (Wildman–Crippen LogP) is 3.38. The molecule has 3 rings (SSSR count). The average molecular weight is 405 g/mol. The van der Waals surface area contributed by atoms with E-state index >= 15 is 0 Å². The van der Waals surface area contributed by atoms with Gasteiger partial charge in [0, 0.05) is 18.2 Å². The van der Waals surface area contributed by atoms with Crippen molar-refractivity contribution in [3.63, 3.8) is 0 Å². The molecule has 1 aromatic heterocycles. The molecule has 0 saturated heterocycles. The van der Waals surface area contributed by atoms with Crippen LogP contribution in [-0.2, 0) is 24.1 Å². The largest absolute Gasteiger partial charge is 0.416 e. The van der Waals surface area contributed by atoms with Gasteiger partial charge in [0.05, 0.1) is 17.6 Å². The fourth-order valence-electron chi connectivity index (χ4n) is 2.55. The lowest BCUT2D eigenvalue weighted by Gasteiger charge is -2.09. The monoisotopic (exact) mass is 405 g/mol. The van der Waals surface area contributed by atoms with Gasteiger partial charge in [-0.25, -0.2) is 9.37 Å². The molecule has 1 heterocycles. The van der Waals surface area contributed by atoms with Crippen LogP contribution in [0, 0.1) is 5.82 Å². The Morgan fingerprint density at radius 3 is 2.28 bits per heavy atom. The second-order valence-electron chi connectivity index (χ2n) is 6.22. The van der Waals surface area contributed by atoms with E-state index < -0.39 is 23.2 Å². The number of nitrogens with zero attached hydrogens (tertiary/aromatic N) is 2. The summed E-state index contributed by atoms with van der Waals surface area (Å²) in [5.41, 5.74) is -0.0724. The van der Waals surface area contributed by atoms with Gasteiger partial charge in [-0.05, 0) is 29.8 Å². The topological polar surface area (TPSA) is 64.0 Å². The molecule has 0 spiro atoms. The Hall–Kier alpha value is -3.49. The Bertz CT molecular complexity index is 1060. The lowest BCUT2D eigenvalue weighted by Crippen LogP contribution is -2.31. The van der Waals surface area contributed by atoms with Crippen LogP contribution in [0.25, 0.3) is 11.3 Å². The maximum atomic E-state index is 12.9. The van der Waals surface area contributed by atoms with Crippen LogP contribution < -0.4 is 10.9 Å². The van der Waals surface area contributed by atoms with E-state index in [9.17, 15) is 27.2 Å². The number of halogens is 4. The Kier molecular flexibility index (Phi) is 5.76. The first-order valence-corrected chi connectivity index (χ1v) is 8.47. The van der Waals surface area contributed by atoms with E-state index in [0.717, 1.165) is 29.1 Å². The summed E-state index contributed by atoms with van der Waals surface area (Å²) in [6.45, 7) is -0.106. The normalized spacial score (nSPS) is 11.3. The van der Waals surface area contributed by atoms with Gasteiger partial charge in [0.1, 0.15) is 12.4 Å². The lowest BCUT2D eigenvalue weighted by molar-refractivity contribution is -0.137. The Balaban J connectivity index is 1.65. The van der Waals surface area contributed by atoms with Gasteiger partial charge in [-0.15, -0.1) is 0 Å². The molecule has 1 amide bonds. The van der Waals surface area contributed by atoms with E-state index in [4.69, 9.17) is 0 Å². The van der Waals surface area contributed by atoms with Crippen molar-refractivity contribution in [2.75, 3.05) is 0 Å². The van der Waals surface area contributed by atoms with E-state index in [2.05, 4.69) is 10.3 Å². The van der Waals surface area contributed by atoms with Crippen LogP contribution in [0.1, 0.15) is 11.1 Å². The number of aromatic nitrogens is 2. The van der Waals surface area contributed by atoms with Crippen LogP contribution in [0.5, 0.6) is 0 Å². The molecule has 29 heavy (non-hydrogen) atoms. The number of rotatable bonds is 5. The predicted molar refractivity (Wildman–Crippen MR) is 97.2 cm³/mol. The van der Waals surface area contributed by atoms with Gasteiger partial charge >= 0.3 is 6.18 Å². The van der Waals surface area contributed by atoms with Gasteiger partial charge in [-0.3, -0.25) is 14.2 Å². The number of amides is 1. The summed E-state index contributed by atoms with van der Waals surface area (Å²) in [5, 5.41) is 2.61. The summed E-state index contributed by atoms with van der Waals surface area (Å²) in [7, 11) is 0. The van der Waals surface area contributed by atoms with Crippen molar-refractivity contribution in [2.45, 2.75) is 19.3 Å². The molecule has 2 aromatic carbocycles. The molecule has 9 heteroatoms. The zero-order chi connectivity index (χ0) is 21.0. The number of hydrogen-bond donors (Lipinski definition) is 1. The average Bonchev–Trinajstić information content (AvgIpc) is 2.68. The van der Waals surface area contributed by atoms with Gasteiger partial charge < -0.3 is 5.32 Å². The standard InChI is InChI=1S/C20H15F4N3O2/c21-16-7-1-13(2-8-16)10-25-18(28)11-27-12-26-17(9-19(27)29)14-3-5-15(6-4-14)20(22,23)24/h1-9,12H,10-11H2,(H,25,28). The molecule has 0 bridgehead atoms. The fraction of sp³-hybridized carbons (Fsp3) is 0.150. The molecule has 3 aromatic rings. The minimum Gasteiger partial charge on any atom is -0.350 e. The van der Waals surface area contributed by atoms with E-state index in [1.807, 2.05) is 0 Å². The Morgan fingerprint density at radius 1 is 1.03 bits per heavy atom. The molecular formula is C20H15F4N3O2. The number of alkyl halides is 3. The minimum atomic E-state index is -4.45. The van der Waals surface area contributed by atoms with E-state index in [0.29, 0.717) is 11.1 Å². The van der Waals surface area contributed by atoms with Crippen molar-refractivity contribution in [3.05, 3.63) is 88.2 Å². The number of hydrogen-bond acceptors (Lipinski definition) is 3. The molecule has 0 atom stereocenters. The highest BCUT2D eigenvalue weighted by Crippen LogP contribution is 2.30. The summed E-state index contributed by atoms with van der Waals surface area (Å²) in [6.07, 6.45) is -3.29. The molecular weight excluding hydrogens is 390 g/mol. The van der Waals surface area contributed by atoms with E-state index in [1.54, 1.807) is 0 Å². The molecule has 0 aliphatic rings. The van der Waals surface area contributed by atoms with Crippen molar-refractivity contribution in [1.82, 2.24) is 14.9 Å². The number of carbonyl (C=O) groups excluding carboxylic acids is 1. The van der Waals surface area contributed by atoms with Crippen molar-refractivity contribution in [1.29, 1.82) is 0 Å². The number of carbonyl (C=O) groups is 1. The van der Waals surface area contributed by atoms with Crippen molar-refractivity contribution >= 4 is 5.91 Å². The van der Waals surface area contributed by atoms with Crippen molar-refractivity contribution in [3.8, 4) is 11.3 Å². The van der Waals surface area contributed by atoms with Gasteiger partial charge in [0.25, 0.3) is 5.56 Å². The SMILES string of the molecule is O=C(Cn1cnc(-c2ccc(C(F)(F)F)cc2)cc1=O)NCc1ccc(F)cc1. The van der Waals surface area contributed by atoms with Crippen LogP contribution in [0.4, 0.5) is 17.6 Å². The molecule has 1 N–H and O–H groups in total. The Labute approximate surface area is 162 Å². The second-order valence-corrected chi connectivity index (χ2v) is 6.22. The van der Waals surface area contributed by atoms with E-state index in [1.165, 1.54) is 36.4 Å². The van der Waals surface area contributed by atoms with Crippen LogP contribution >= 0.6 is 0 Å². The molecule has 0 aliphatic carbocycles. The summed E-state index contributed by atoms with van der Waals surface area (Å²) in [5.74, 6) is -0.827. The molecule has 0 saturated carbocycles. The van der Waals surface area contributed by atoms with Gasteiger partial charge in [-0.1, -0.05) is 24.3 Å². The highest BCUT2D eigenvalue weighted by Gasteiger charge is 2.30. The Morgan fingerprint density at radius 2 is 1.69 bits per heavy atom. The van der Waals surface area contributed by atoms with Gasteiger partial charge in [-0.2, -0.15) is 13.2 Å². The first kappa shape index (κ1) is 20.2. The van der Waals surface area contributed by atoms with Gasteiger partial charge in [0.2, 0.25) is 5.91 Å². The first-order valence-electron chi connectivity index (χ1n) is 8.47. The third-order valence-corrected chi connectivity index (χ3v) is 4.10. The molecule has 0 unspecified atom stereocenters. The second kappa shape index (κ2) is 8.26. The van der Waals surface area contributed by atoms with Crippen LogP contribution in [0.15, 0.2) is 65.7 Å². The van der Waals surface area contributed by atoms with Crippen molar-refractivity contribution < 1.29 is 22.4 Å². The third kappa shape index (κ3) is 5.28. The summed E-state index contributed by atoms with van der Waals surface area (Å²) >= 11 is 0. The molecule has 0 fully saturated rings. The molecule has 5 nitrogen and oxygen atoms in total. The maximum Gasteiger partial charge on any atom is 0.416 e. The maximum absolute atomic E-state index is 12.9.